The van der Waals surface area contributed by atoms with Crippen molar-refractivity contribution < 1.29 is 4.79 Å². The van der Waals surface area contributed by atoms with Crippen LogP contribution in [-0.4, -0.2) is 20.4 Å². The Morgan fingerprint density at radius 1 is 1.19 bits per heavy atom. The van der Waals surface area contributed by atoms with Crippen LogP contribution < -0.4 is 11.0 Å². The molecule has 6 heteroatoms. The third-order valence-electron chi connectivity index (χ3n) is 4.51. The van der Waals surface area contributed by atoms with Crippen molar-refractivity contribution in [1.29, 1.82) is 0 Å². The van der Waals surface area contributed by atoms with E-state index < -0.39 is 0 Å². The van der Waals surface area contributed by atoms with E-state index in [2.05, 4.69) is 15.3 Å². The molecule has 2 aromatic heterocycles. The van der Waals surface area contributed by atoms with Crippen molar-refractivity contribution in [2.45, 2.75) is 20.0 Å². The van der Waals surface area contributed by atoms with Crippen LogP contribution in [-0.2, 0) is 13.1 Å². The number of H-pyrrole nitrogens is 1. The molecule has 2 aromatic carbocycles. The van der Waals surface area contributed by atoms with Crippen LogP contribution in [0.3, 0.4) is 0 Å². The van der Waals surface area contributed by atoms with Crippen LogP contribution in [0.1, 0.15) is 22.8 Å². The van der Waals surface area contributed by atoms with Gasteiger partial charge < -0.3 is 10.3 Å². The van der Waals surface area contributed by atoms with E-state index in [4.69, 9.17) is 0 Å². The lowest BCUT2D eigenvalue weighted by atomic mass is 10.1. The highest BCUT2D eigenvalue weighted by Crippen LogP contribution is 2.16. The third kappa shape index (κ3) is 2.75. The maximum atomic E-state index is 12.6. The number of nitrogens with zero attached hydrogens (tertiary/aromatic N) is 2. The van der Waals surface area contributed by atoms with E-state index in [1.54, 1.807) is 29.0 Å². The quantitative estimate of drug-likeness (QED) is 0.596. The van der Waals surface area contributed by atoms with Gasteiger partial charge in [0.1, 0.15) is 0 Å². The lowest BCUT2D eigenvalue weighted by Crippen LogP contribution is -2.23. The van der Waals surface area contributed by atoms with Crippen LogP contribution in [0.4, 0.5) is 0 Å². The van der Waals surface area contributed by atoms with Crippen molar-refractivity contribution in [2.24, 2.45) is 0 Å². The minimum absolute atomic E-state index is 0.165. The number of hydrogen-bond acceptors (Lipinski definition) is 3. The predicted molar refractivity (Wildman–Crippen MR) is 101 cm³/mol. The van der Waals surface area contributed by atoms with Crippen LogP contribution in [0.2, 0.25) is 0 Å². The average Bonchev–Trinajstić information content (AvgIpc) is 3.00. The number of benzene rings is 2. The van der Waals surface area contributed by atoms with Crippen molar-refractivity contribution >= 4 is 27.8 Å². The first kappa shape index (κ1) is 16.1. The molecule has 0 saturated heterocycles. The number of pyridine rings is 1. The number of aryl methyl sites for hydroxylation is 1. The number of imidazole rings is 1. The van der Waals surface area contributed by atoms with Crippen LogP contribution in [0.15, 0.2) is 59.5 Å². The van der Waals surface area contributed by atoms with Gasteiger partial charge in [-0.25, -0.2) is 4.79 Å². The van der Waals surface area contributed by atoms with Crippen molar-refractivity contribution in [2.75, 3.05) is 0 Å². The van der Waals surface area contributed by atoms with Gasteiger partial charge in [-0.3, -0.25) is 14.3 Å². The fourth-order valence-corrected chi connectivity index (χ4v) is 3.20. The van der Waals surface area contributed by atoms with Crippen molar-refractivity contribution in [3.05, 3.63) is 76.3 Å². The molecule has 26 heavy (non-hydrogen) atoms. The Labute approximate surface area is 149 Å². The first-order valence-corrected chi connectivity index (χ1v) is 8.51. The summed E-state index contributed by atoms with van der Waals surface area (Å²) in [6.45, 7) is 2.83. The molecule has 0 saturated carbocycles. The van der Waals surface area contributed by atoms with E-state index in [1.165, 1.54) is 0 Å². The molecule has 0 atom stereocenters. The Morgan fingerprint density at radius 3 is 2.88 bits per heavy atom. The standard InChI is InChI=1S/C20H18N4O2/c1-2-24-17-11-14(8-9-16(17)23-20(24)26)19(25)22-12-15-6-3-5-13-7-4-10-21-18(13)15/h3-11H,2,12H2,1H3,(H,22,25)(H,23,26). The van der Waals surface area contributed by atoms with Crippen molar-refractivity contribution in [1.82, 2.24) is 19.9 Å². The largest absolute Gasteiger partial charge is 0.348 e. The Hall–Kier alpha value is -3.41. The van der Waals surface area contributed by atoms with E-state index in [-0.39, 0.29) is 11.6 Å². The maximum absolute atomic E-state index is 12.6. The van der Waals surface area contributed by atoms with Gasteiger partial charge >= 0.3 is 5.69 Å². The molecule has 0 fully saturated rings. The first-order valence-electron chi connectivity index (χ1n) is 8.51. The van der Waals surface area contributed by atoms with Crippen LogP contribution in [0, 0.1) is 0 Å². The van der Waals surface area contributed by atoms with E-state index in [9.17, 15) is 9.59 Å². The highest BCUT2D eigenvalue weighted by Gasteiger charge is 2.11. The van der Waals surface area contributed by atoms with Gasteiger partial charge in [0.15, 0.2) is 0 Å². The Morgan fingerprint density at radius 2 is 2.04 bits per heavy atom. The molecule has 0 bridgehead atoms. The summed E-state index contributed by atoms with van der Waals surface area (Å²) in [6, 6.07) is 15.0. The number of carbonyl (C=O) groups excluding carboxylic acids is 1. The van der Waals surface area contributed by atoms with Crippen molar-refractivity contribution in [3.8, 4) is 0 Å². The summed E-state index contributed by atoms with van der Waals surface area (Å²) in [5.41, 5.74) is 3.67. The summed E-state index contributed by atoms with van der Waals surface area (Å²) in [6.07, 6.45) is 1.75. The van der Waals surface area contributed by atoms with Crippen molar-refractivity contribution in [3.63, 3.8) is 0 Å². The molecule has 1 amide bonds. The predicted octanol–water partition coefficient (Wildman–Crippen LogP) is 2.83. The van der Waals surface area contributed by atoms with Gasteiger partial charge in [0, 0.05) is 30.2 Å². The van der Waals surface area contributed by atoms with Crippen LogP contribution >= 0.6 is 0 Å². The van der Waals surface area contributed by atoms with Gasteiger partial charge in [-0.1, -0.05) is 24.3 Å². The number of rotatable bonds is 4. The molecule has 2 heterocycles. The second kappa shape index (κ2) is 6.48. The minimum Gasteiger partial charge on any atom is -0.348 e. The number of nitrogens with one attached hydrogen (secondary N) is 2. The molecular formula is C20H18N4O2. The molecule has 4 aromatic rings. The second-order valence-electron chi connectivity index (χ2n) is 6.08. The molecule has 6 nitrogen and oxygen atoms in total. The minimum atomic E-state index is -0.184. The molecule has 0 aliphatic carbocycles. The zero-order valence-electron chi connectivity index (χ0n) is 14.3. The molecule has 0 spiro atoms. The fourth-order valence-electron chi connectivity index (χ4n) is 3.20. The summed E-state index contributed by atoms with van der Waals surface area (Å²) in [7, 11) is 0. The Balaban J connectivity index is 1.60. The topological polar surface area (TPSA) is 79.8 Å². The molecular weight excluding hydrogens is 328 g/mol. The van der Waals surface area contributed by atoms with E-state index in [0.29, 0.717) is 18.7 Å². The van der Waals surface area contributed by atoms with Gasteiger partial charge in [-0.2, -0.15) is 0 Å². The van der Waals surface area contributed by atoms with E-state index in [0.717, 1.165) is 27.5 Å². The number of amides is 1. The second-order valence-corrected chi connectivity index (χ2v) is 6.08. The molecule has 130 valence electrons. The summed E-state index contributed by atoms with van der Waals surface area (Å²) in [5, 5.41) is 3.98. The molecule has 0 unspecified atom stereocenters. The van der Waals surface area contributed by atoms with E-state index in [1.807, 2.05) is 37.3 Å². The lowest BCUT2D eigenvalue weighted by Gasteiger charge is -2.08. The van der Waals surface area contributed by atoms with Gasteiger partial charge in [-0.15, -0.1) is 0 Å². The number of para-hydroxylation sites is 1. The van der Waals surface area contributed by atoms with Crippen LogP contribution in [0.25, 0.3) is 21.9 Å². The van der Waals surface area contributed by atoms with Crippen LogP contribution in [0.5, 0.6) is 0 Å². The molecule has 0 radical (unpaired) electrons. The van der Waals surface area contributed by atoms with Gasteiger partial charge in [0.25, 0.3) is 5.91 Å². The number of carbonyl (C=O) groups is 1. The first-order chi connectivity index (χ1) is 12.7. The summed E-state index contributed by atoms with van der Waals surface area (Å²) < 4.78 is 1.61. The normalized spacial score (nSPS) is 11.1. The summed E-state index contributed by atoms with van der Waals surface area (Å²) >= 11 is 0. The monoisotopic (exact) mass is 346 g/mol. The zero-order valence-corrected chi connectivity index (χ0v) is 14.3. The number of hydrogen-bond donors (Lipinski definition) is 2. The smallest absolute Gasteiger partial charge is 0.326 e. The highest BCUT2D eigenvalue weighted by molar-refractivity contribution is 5.97. The SMILES string of the molecule is CCn1c(=O)[nH]c2ccc(C(=O)NCc3cccc4cccnc34)cc21. The Bertz CT molecular complexity index is 1170. The molecule has 0 aliphatic heterocycles. The summed E-state index contributed by atoms with van der Waals surface area (Å²) in [4.78, 5) is 31.7. The number of fused-ring (bicyclic) bond motifs is 2. The average molecular weight is 346 g/mol. The highest BCUT2D eigenvalue weighted by atomic mass is 16.2. The van der Waals surface area contributed by atoms with Gasteiger partial charge in [0.2, 0.25) is 0 Å². The van der Waals surface area contributed by atoms with Gasteiger partial charge in [0.05, 0.1) is 16.6 Å². The summed E-state index contributed by atoms with van der Waals surface area (Å²) in [5.74, 6) is -0.184. The number of aromatic amines is 1. The molecule has 0 aliphatic rings. The third-order valence-corrected chi connectivity index (χ3v) is 4.51. The maximum Gasteiger partial charge on any atom is 0.326 e. The van der Waals surface area contributed by atoms with E-state index >= 15 is 0 Å². The number of aromatic nitrogens is 3. The zero-order chi connectivity index (χ0) is 18.1. The fraction of sp³-hybridized carbons (Fsp3) is 0.150. The molecule has 2 N–H and O–H groups in total. The Kier molecular flexibility index (Phi) is 4.01. The molecule has 4 rings (SSSR count). The lowest BCUT2D eigenvalue weighted by molar-refractivity contribution is 0.0951. The van der Waals surface area contributed by atoms with Gasteiger partial charge in [-0.05, 0) is 36.8 Å².